The molecule has 2 N–H and O–H groups in total. The van der Waals surface area contributed by atoms with Crippen molar-refractivity contribution in [2.75, 3.05) is 52.9 Å². The van der Waals surface area contributed by atoms with Crippen LogP contribution in [0.3, 0.4) is 0 Å². The van der Waals surface area contributed by atoms with Crippen LogP contribution in [0.1, 0.15) is 12.8 Å². The number of rotatable bonds is 9. The van der Waals surface area contributed by atoms with E-state index in [-0.39, 0.29) is 36.2 Å². The summed E-state index contributed by atoms with van der Waals surface area (Å²) in [5.41, 5.74) is 0. The molecule has 7 nitrogen and oxygen atoms in total. The minimum absolute atomic E-state index is 0. The Kier molecular flexibility index (Phi) is 10.2. The number of halogens is 2. The molecule has 1 aromatic rings. The van der Waals surface area contributed by atoms with Crippen LogP contribution >= 0.6 is 12.4 Å². The smallest absolute Gasteiger partial charge is 0.242 e. The summed E-state index contributed by atoms with van der Waals surface area (Å²) < 4.78 is 38.8. The Hall–Kier alpha value is -1.26. The molecule has 1 aromatic carbocycles. The van der Waals surface area contributed by atoms with Gasteiger partial charge in [0.2, 0.25) is 15.9 Å². The van der Waals surface area contributed by atoms with Gasteiger partial charge in [0.25, 0.3) is 0 Å². The highest BCUT2D eigenvalue weighted by atomic mass is 35.5. The van der Waals surface area contributed by atoms with E-state index >= 15 is 0 Å². The molecule has 154 valence electrons. The van der Waals surface area contributed by atoms with E-state index in [1.807, 2.05) is 0 Å². The number of sulfonamides is 1. The van der Waals surface area contributed by atoms with Gasteiger partial charge in [0, 0.05) is 59.3 Å². The van der Waals surface area contributed by atoms with Crippen molar-refractivity contribution in [1.82, 2.24) is 19.8 Å². The Morgan fingerprint density at radius 3 is 2.52 bits per heavy atom. The number of amides is 1. The molecule has 1 amide bonds. The number of carbonyl (C=O) groups is 1. The van der Waals surface area contributed by atoms with Gasteiger partial charge in [0.1, 0.15) is 5.82 Å². The lowest BCUT2D eigenvalue weighted by Crippen LogP contribution is -2.46. The summed E-state index contributed by atoms with van der Waals surface area (Å²) in [6.07, 6.45) is 0.696. The first-order valence-corrected chi connectivity index (χ1v) is 10.3. The first kappa shape index (κ1) is 23.8. The molecule has 1 aliphatic rings. The standard InChI is InChI=1S/C17H27FN4O3S.ClH/c1-21(26(24,25)16-6-4-15(18)5-7-16)11-2-3-17(23)20-10-14-22-12-8-19-9-13-22;/h4-7,19H,2-3,8-14H2,1H3,(H,20,23);1H. The molecule has 0 saturated carbocycles. The lowest BCUT2D eigenvalue weighted by molar-refractivity contribution is -0.121. The predicted molar refractivity (Wildman–Crippen MR) is 105 cm³/mol. The number of nitrogens with zero attached hydrogens (tertiary/aromatic N) is 2. The van der Waals surface area contributed by atoms with E-state index in [2.05, 4.69) is 15.5 Å². The maximum Gasteiger partial charge on any atom is 0.242 e. The molecule has 0 bridgehead atoms. The van der Waals surface area contributed by atoms with E-state index in [4.69, 9.17) is 0 Å². The lowest BCUT2D eigenvalue weighted by atomic mass is 10.3. The summed E-state index contributed by atoms with van der Waals surface area (Å²) in [5, 5.41) is 6.15. The number of hydrogen-bond acceptors (Lipinski definition) is 5. The summed E-state index contributed by atoms with van der Waals surface area (Å²) >= 11 is 0. The van der Waals surface area contributed by atoms with Crippen molar-refractivity contribution >= 4 is 28.3 Å². The molecular weight excluding hydrogens is 395 g/mol. The molecular formula is C17H28ClFN4O3S. The number of benzene rings is 1. The fourth-order valence-corrected chi connectivity index (χ4v) is 3.95. The second-order valence-electron chi connectivity index (χ2n) is 6.33. The topological polar surface area (TPSA) is 81.8 Å². The molecule has 0 atom stereocenters. The average molecular weight is 423 g/mol. The highest BCUT2D eigenvalue weighted by Crippen LogP contribution is 2.15. The molecule has 27 heavy (non-hydrogen) atoms. The van der Waals surface area contributed by atoms with Crippen LogP contribution in [-0.2, 0) is 14.8 Å². The van der Waals surface area contributed by atoms with Crippen LogP contribution in [0.25, 0.3) is 0 Å². The molecule has 10 heteroatoms. The Bertz CT molecular complexity index is 682. The van der Waals surface area contributed by atoms with Crippen molar-refractivity contribution < 1.29 is 17.6 Å². The third-order valence-corrected chi connectivity index (χ3v) is 6.23. The maximum absolute atomic E-state index is 12.9. The number of nitrogens with one attached hydrogen (secondary N) is 2. The van der Waals surface area contributed by atoms with E-state index < -0.39 is 15.8 Å². The third kappa shape index (κ3) is 7.71. The van der Waals surface area contributed by atoms with E-state index in [0.29, 0.717) is 13.0 Å². The highest BCUT2D eigenvalue weighted by Gasteiger charge is 2.20. The van der Waals surface area contributed by atoms with Crippen molar-refractivity contribution in [3.05, 3.63) is 30.1 Å². The normalized spacial score (nSPS) is 15.4. The van der Waals surface area contributed by atoms with Gasteiger partial charge < -0.3 is 10.6 Å². The van der Waals surface area contributed by atoms with Crippen molar-refractivity contribution in [3.8, 4) is 0 Å². The summed E-state index contributed by atoms with van der Waals surface area (Å²) in [6.45, 7) is 5.58. The lowest BCUT2D eigenvalue weighted by Gasteiger charge is -2.27. The van der Waals surface area contributed by atoms with E-state index in [1.165, 1.54) is 23.5 Å². The van der Waals surface area contributed by atoms with Crippen molar-refractivity contribution in [3.63, 3.8) is 0 Å². The summed E-state index contributed by atoms with van der Waals surface area (Å²) in [4.78, 5) is 14.2. The summed E-state index contributed by atoms with van der Waals surface area (Å²) in [5.74, 6) is -0.559. The first-order valence-electron chi connectivity index (χ1n) is 8.81. The average Bonchev–Trinajstić information content (AvgIpc) is 2.63. The third-order valence-electron chi connectivity index (χ3n) is 4.36. The van der Waals surface area contributed by atoms with Crippen LogP contribution in [0.5, 0.6) is 0 Å². The molecule has 1 saturated heterocycles. The van der Waals surface area contributed by atoms with E-state index in [9.17, 15) is 17.6 Å². The molecule has 0 aromatic heterocycles. The van der Waals surface area contributed by atoms with Crippen molar-refractivity contribution in [2.45, 2.75) is 17.7 Å². The highest BCUT2D eigenvalue weighted by molar-refractivity contribution is 7.89. The van der Waals surface area contributed by atoms with Gasteiger partial charge in [-0.25, -0.2) is 17.1 Å². The largest absolute Gasteiger partial charge is 0.355 e. The fraction of sp³-hybridized carbons (Fsp3) is 0.588. The Morgan fingerprint density at radius 1 is 1.26 bits per heavy atom. The van der Waals surface area contributed by atoms with Crippen LogP contribution in [0.4, 0.5) is 4.39 Å². The predicted octanol–water partition coefficient (Wildman–Crippen LogP) is 0.670. The SMILES string of the molecule is CN(CCCC(=O)NCCN1CCNCC1)S(=O)(=O)c1ccc(F)cc1.Cl. The minimum Gasteiger partial charge on any atom is -0.355 e. The van der Waals surface area contributed by atoms with Crippen LogP contribution in [0, 0.1) is 5.82 Å². The monoisotopic (exact) mass is 422 g/mol. The van der Waals surface area contributed by atoms with Gasteiger partial charge in [-0.2, -0.15) is 0 Å². The molecule has 0 unspecified atom stereocenters. The quantitative estimate of drug-likeness (QED) is 0.611. The molecule has 0 aliphatic carbocycles. The maximum atomic E-state index is 12.9. The molecule has 0 spiro atoms. The molecule has 1 fully saturated rings. The zero-order chi connectivity index (χ0) is 19.0. The van der Waals surface area contributed by atoms with E-state index in [0.717, 1.165) is 44.9 Å². The van der Waals surface area contributed by atoms with Gasteiger partial charge in [0.15, 0.2) is 0 Å². The summed E-state index contributed by atoms with van der Waals surface area (Å²) in [6, 6.07) is 4.72. The van der Waals surface area contributed by atoms with Crippen molar-refractivity contribution in [2.24, 2.45) is 0 Å². The second kappa shape index (κ2) is 11.6. The van der Waals surface area contributed by atoms with Gasteiger partial charge in [-0.05, 0) is 30.7 Å². The van der Waals surface area contributed by atoms with Gasteiger partial charge >= 0.3 is 0 Å². The van der Waals surface area contributed by atoms with Gasteiger partial charge in [-0.3, -0.25) is 9.69 Å². The van der Waals surface area contributed by atoms with Crippen molar-refractivity contribution in [1.29, 1.82) is 0 Å². The first-order chi connectivity index (χ1) is 12.4. The molecule has 1 aliphatic heterocycles. The second-order valence-corrected chi connectivity index (χ2v) is 8.37. The van der Waals surface area contributed by atoms with Crippen LogP contribution in [0.15, 0.2) is 29.2 Å². The minimum atomic E-state index is -3.66. The zero-order valence-electron chi connectivity index (χ0n) is 15.5. The Balaban J connectivity index is 0.00000364. The molecule has 1 heterocycles. The number of hydrogen-bond donors (Lipinski definition) is 2. The molecule has 2 rings (SSSR count). The Labute approximate surface area is 166 Å². The Morgan fingerprint density at radius 2 is 1.89 bits per heavy atom. The van der Waals surface area contributed by atoms with E-state index in [1.54, 1.807) is 0 Å². The van der Waals surface area contributed by atoms with Crippen LogP contribution < -0.4 is 10.6 Å². The van der Waals surface area contributed by atoms with Gasteiger partial charge in [0.05, 0.1) is 4.90 Å². The fourth-order valence-electron chi connectivity index (χ4n) is 2.75. The summed E-state index contributed by atoms with van der Waals surface area (Å²) in [7, 11) is -2.20. The van der Waals surface area contributed by atoms with Gasteiger partial charge in [-0.1, -0.05) is 0 Å². The van der Waals surface area contributed by atoms with Crippen LogP contribution in [0.2, 0.25) is 0 Å². The molecule has 0 radical (unpaired) electrons. The van der Waals surface area contributed by atoms with Gasteiger partial charge in [-0.15, -0.1) is 12.4 Å². The van der Waals surface area contributed by atoms with Crippen LogP contribution in [-0.4, -0.2) is 76.4 Å². The number of carbonyl (C=O) groups excluding carboxylic acids is 1. The zero-order valence-corrected chi connectivity index (χ0v) is 17.1. The number of piperazine rings is 1.